The molecule has 0 aliphatic heterocycles. The summed E-state index contributed by atoms with van der Waals surface area (Å²) in [7, 11) is 1.61. The topological polar surface area (TPSA) is 99.1 Å². The van der Waals surface area contributed by atoms with Crippen LogP contribution in [0.1, 0.15) is 94.4 Å². The highest BCUT2D eigenvalue weighted by Crippen LogP contribution is 2.59. The van der Waals surface area contributed by atoms with Gasteiger partial charge in [0.05, 0.1) is 30.2 Å². The molecule has 2 aromatic carbocycles. The van der Waals surface area contributed by atoms with Crippen LogP contribution in [0.25, 0.3) is 0 Å². The van der Waals surface area contributed by atoms with Crippen LogP contribution in [0, 0.1) is 12.3 Å². The van der Waals surface area contributed by atoms with Crippen LogP contribution in [0.5, 0.6) is 5.75 Å². The number of anilines is 1. The highest BCUT2D eigenvalue weighted by molar-refractivity contribution is 7.14. The van der Waals surface area contributed by atoms with Crippen LogP contribution >= 0.6 is 22.7 Å². The molecule has 3 aliphatic rings. The Hall–Kier alpha value is -3.76. The van der Waals surface area contributed by atoms with Crippen molar-refractivity contribution in [1.82, 2.24) is 4.90 Å². The first-order valence-corrected chi connectivity index (χ1v) is 19.7. The normalized spacial score (nSPS) is 23.6. The number of benzene rings is 2. The number of amides is 2. The van der Waals surface area contributed by atoms with Crippen molar-refractivity contribution in [2.75, 3.05) is 25.5 Å². The van der Waals surface area contributed by atoms with E-state index in [2.05, 4.69) is 43.4 Å². The lowest BCUT2D eigenvalue weighted by Gasteiger charge is -2.46. The first kappa shape index (κ1) is 37.0. The number of allylic oxidation sites excluding steroid dienone is 2. The summed E-state index contributed by atoms with van der Waals surface area (Å²) in [6.07, 6.45) is 6.93. The molecule has 0 radical (unpaired) electrons. The third kappa shape index (κ3) is 8.33. The number of nitrogens with one attached hydrogen (secondary N) is 1. The van der Waals surface area contributed by atoms with Gasteiger partial charge in [-0.15, -0.1) is 22.7 Å². The van der Waals surface area contributed by atoms with Gasteiger partial charge >= 0.3 is 6.03 Å². The van der Waals surface area contributed by atoms with Crippen LogP contribution in [0.15, 0.2) is 83.8 Å². The van der Waals surface area contributed by atoms with Gasteiger partial charge < -0.3 is 25.2 Å². The number of aliphatic hydroxyl groups is 2. The van der Waals surface area contributed by atoms with E-state index in [1.165, 1.54) is 21.8 Å². The molecular formula is C42H50N2O5S2. The van der Waals surface area contributed by atoms with Crippen molar-refractivity contribution in [1.29, 1.82) is 0 Å². The quantitative estimate of drug-likeness (QED) is 0.118. The number of ether oxygens (including phenoxy) is 1. The molecule has 4 aromatic rings. The number of ketones is 1. The summed E-state index contributed by atoms with van der Waals surface area (Å²) in [6.45, 7) is 6.89. The summed E-state index contributed by atoms with van der Waals surface area (Å²) >= 11 is 3.16. The lowest BCUT2D eigenvalue weighted by Crippen LogP contribution is -2.54. The minimum atomic E-state index is -1.22. The summed E-state index contributed by atoms with van der Waals surface area (Å²) < 4.78 is 5.31. The van der Waals surface area contributed by atoms with Crippen molar-refractivity contribution >= 4 is 40.2 Å². The summed E-state index contributed by atoms with van der Waals surface area (Å²) in [4.78, 5) is 33.1. The molecule has 7 nitrogen and oxygen atoms in total. The Morgan fingerprint density at radius 1 is 1.04 bits per heavy atom. The number of urea groups is 1. The van der Waals surface area contributed by atoms with Gasteiger partial charge in [0.15, 0.2) is 0 Å². The standard InChI is InChI=1S/C42H50N2O5S2/c1-28-7-5-21-41(3)37(35-17-11-30(25-32(45)14-9-28)26-36(35)39(46)38-18-10-29(2)51-38)19-22-42(41,48)27-44(23-20-34-8-6-24-50-34)40(47)43-31-12-15-33(49-4)16-13-31/h6-8,10-13,15-18,24,26,32,37,45,48H,5,9,14,19-23,25,27H2,1-4H3,(H,43,47)/t32-,37-,41-,42+/m0/s1. The number of hydrogen-bond donors (Lipinski definition) is 3. The predicted octanol–water partition coefficient (Wildman–Crippen LogP) is 9.17. The Morgan fingerprint density at radius 3 is 2.55 bits per heavy atom. The Bertz CT molecular complexity index is 1850. The van der Waals surface area contributed by atoms with Gasteiger partial charge in [0.2, 0.25) is 5.78 Å². The average molecular weight is 727 g/mol. The molecule has 9 heteroatoms. The first-order chi connectivity index (χ1) is 24.5. The zero-order valence-corrected chi connectivity index (χ0v) is 31.7. The lowest BCUT2D eigenvalue weighted by molar-refractivity contribution is -0.0762. The van der Waals surface area contributed by atoms with E-state index in [9.17, 15) is 19.8 Å². The third-order valence-electron chi connectivity index (χ3n) is 11.2. The Kier molecular flexibility index (Phi) is 11.5. The zero-order chi connectivity index (χ0) is 36.2. The number of hydrogen-bond acceptors (Lipinski definition) is 7. The molecule has 2 amide bonds. The molecular weight excluding hydrogens is 677 g/mol. The number of carbonyl (C=O) groups excluding carboxylic acids is 2. The van der Waals surface area contributed by atoms with E-state index >= 15 is 0 Å². The van der Waals surface area contributed by atoms with Crippen LogP contribution in [0.4, 0.5) is 10.5 Å². The van der Waals surface area contributed by atoms with Crippen molar-refractivity contribution in [2.45, 2.75) is 89.8 Å². The number of aryl methyl sites for hydroxylation is 1. The van der Waals surface area contributed by atoms with Crippen LogP contribution in [-0.4, -0.2) is 58.8 Å². The maximum Gasteiger partial charge on any atom is 0.321 e. The fourth-order valence-corrected chi connectivity index (χ4v) is 9.55. The Morgan fingerprint density at radius 2 is 1.84 bits per heavy atom. The van der Waals surface area contributed by atoms with Crippen molar-refractivity contribution in [2.24, 2.45) is 5.41 Å². The van der Waals surface area contributed by atoms with Crippen molar-refractivity contribution < 1.29 is 24.5 Å². The smallest absolute Gasteiger partial charge is 0.321 e. The highest BCUT2D eigenvalue weighted by Gasteiger charge is 2.57. The van der Waals surface area contributed by atoms with E-state index < -0.39 is 17.1 Å². The van der Waals surface area contributed by atoms with Gasteiger partial charge in [-0.2, -0.15) is 0 Å². The molecule has 2 heterocycles. The molecule has 7 rings (SSSR count). The maximum absolute atomic E-state index is 14.3. The molecule has 0 saturated heterocycles. The minimum Gasteiger partial charge on any atom is -0.497 e. The molecule has 51 heavy (non-hydrogen) atoms. The fourth-order valence-electron chi connectivity index (χ4n) is 8.03. The molecule has 0 spiro atoms. The Labute approximate surface area is 310 Å². The van der Waals surface area contributed by atoms with Gasteiger partial charge in [-0.1, -0.05) is 36.8 Å². The van der Waals surface area contributed by atoms with Crippen LogP contribution in [-0.2, 0) is 12.8 Å². The second-order valence-corrected chi connectivity index (χ2v) is 16.9. The summed E-state index contributed by atoms with van der Waals surface area (Å²) in [5.41, 5.74) is 2.52. The van der Waals surface area contributed by atoms with Crippen molar-refractivity contribution in [3.8, 4) is 5.75 Å². The molecule has 270 valence electrons. The molecule has 3 aliphatic carbocycles. The van der Waals surface area contributed by atoms with Crippen LogP contribution in [0.2, 0.25) is 0 Å². The van der Waals surface area contributed by atoms with Gasteiger partial charge in [-0.3, -0.25) is 4.79 Å². The summed E-state index contributed by atoms with van der Waals surface area (Å²) in [6, 6.07) is 21.1. The molecule has 4 atom stereocenters. The van der Waals surface area contributed by atoms with Crippen LogP contribution < -0.4 is 10.1 Å². The SMILES string of the molecule is COc1ccc(NC(=O)N(CCc2cccs2)C[C@]2(O)CC[C@H]3c4ccc(cc4C(=O)c4ccc(C)s4)C[C@@H](O)CCC(C)=CCC[C@@]32C)cc1. The number of methoxy groups -OCH3 is 1. The number of aliphatic hydroxyl groups excluding tert-OH is 1. The van der Waals surface area contributed by atoms with Gasteiger partial charge in [0, 0.05) is 33.0 Å². The lowest BCUT2D eigenvalue weighted by atomic mass is 9.64. The second-order valence-electron chi connectivity index (χ2n) is 14.6. The average Bonchev–Trinajstić information content (AvgIpc) is 3.86. The highest BCUT2D eigenvalue weighted by atomic mass is 32.1. The van der Waals surface area contributed by atoms with E-state index in [-0.39, 0.29) is 24.3 Å². The second kappa shape index (κ2) is 15.9. The number of rotatable bonds is 9. The zero-order valence-electron chi connectivity index (χ0n) is 30.1. The van der Waals surface area contributed by atoms with Gasteiger partial charge in [0.1, 0.15) is 5.75 Å². The van der Waals surface area contributed by atoms with E-state index in [0.717, 1.165) is 28.8 Å². The number of nitrogens with zero attached hydrogens (tertiary/aromatic N) is 1. The summed E-state index contributed by atoms with van der Waals surface area (Å²) in [5.74, 6) is 0.564. The molecule has 1 saturated carbocycles. The number of carbonyl (C=O) groups is 2. The Balaban J connectivity index is 1.38. The van der Waals surface area contributed by atoms with Crippen molar-refractivity contribution in [3.05, 3.63) is 115 Å². The van der Waals surface area contributed by atoms with E-state index in [0.29, 0.717) is 66.9 Å². The van der Waals surface area contributed by atoms with Gasteiger partial charge in [0.25, 0.3) is 0 Å². The van der Waals surface area contributed by atoms with E-state index in [1.807, 2.05) is 60.8 Å². The van der Waals surface area contributed by atoms with E-state index in [4.69, 9.17) is 4.74 Å². The van der Waals surface area contributed by atoms with Gasteiger partial charge in [-0.25, -0.2) is 4.79 Å². The monoisotopic (exact) mass is 726 g/mol. The predicted molar refractivity (Wildman–Crippen MR) is 208 cm³/mol. The molecule has 2 aromatic heterocycles. The molecule has 3 N–H and O–H groups in total. The number of thiophene rings is 2. The minimum absolute atomic E-state index is 0.0171. The van der Waals surface area contributed by atoms with Crippen LogP contribution in [0.3, 0.4) is 0 Å². The summed E-state index contributed by atoms with van der Waals surface area (Å²) in [5, 5.41) is 29.0. The largest absolute Gasteiger partial charge is 0.497 e. The van der Waals surface area contributed by atoms with E-state index in [1.54, 1.807) is 23.3 Å². The fraction of sp³-hybridized carbons (Fsp3) is 0.429. The van der Waals surface area contributed by atoms with Crippen molar-refractivity contribution in [3.63, 3.8) is 0 Å². The molecule has 1 fully saturated rings. The maximum atomic E-state index is 14.3. The van der Waals surface area contributed by atoms with Gasteiger partial charge in [-0.05, 0) is 136 Å². The molecule has 0 unspecified atom stereocenters. The third-order valence-corrected chi connectivity index (χ3v) is 13.1. The molecule has 2 bridgehead atoms. The first-order valence-electron chi connectivity index (χ1n) is 18.0. The number of fused-ring (bicyclic) bond motifs is 8.